The van der Waals surface area contributed by atoms with Crippen LogP contribution >= 0.6 is 63.7 Å². The molecule has 0 amide bonds. The molecule has 0 spiro atoms. The van der Waals surface area contributed by atoms with Crippen molar-refractivity contribution in [3.63, 3.8) is 0 Å². The van der Waals surface area contributed by atoms with Crippen molar-refractivity contribution in [1.29, 1.82) is 0 Å². The molecule has 0 aliphatic rings. The summed E-state index contributed by atoms with van der Waals surface area (Å²) in [7, 11) is 2.47. The molecule has 98 valence electrons. The molecule has 1 aromatic carbocycles. The lowest BCUT2D eigenvalue weighted by molar-refractivity contribution is 0.0553. The van der Waals surface area contributed by atoms with Gasteiger partial charge in [-0.3, -0.25) is 0 Å². The third kappa shape index (κ3) is 2.81. The Bertz CT molecular complexity index is 480. The van der Waals surface area contributed by atoms with Gasteiger partial charge in [0.05, 0.1) is 25.3 Å². The highest BCUT2D eigenvalue weighted by molar-refractivity contribution is 9.15. The van der Waals surface area contributed by atoms with Crippen LogP contribution in [0, 0.1) is 0 Å². The lowest BCUT2D eigenvalue weighted by Gasteiger charge is -2.14. The van der Waals surface area contributed by atoms with Gasteiger partial charge >= 0.3 is 11.9 Å². The largest absolute Gasteiger partial charge is 0.465 e. The zero-order chi connectivity index (χ0) is 14.0. The van der Waals surface area contributed by atoms with E-state index in [4.69, 9.17) is 0 Å². The highest BCUT2D eigenvalue weighted by Crippen LogP contribution is 2.42. The van der Waals surface area contributed by atoms with Crippen LogP contribution in [0.25, 0.3) is 0 Å². The number of rotatable bonds is 2. The van der Waals surface area contributed by atoms with Crippen molar-refractivity contribution >= 4 is 75.7 Å². The number of carbonyl (C=O) groups is 2. The number of ether oxygens (including phenoxy) is 2. The standard InChI is InChI=1S/C10H6Br4O4/c1-17-9(15)3-4(10(16)18-2)6(12)8(14)7(13)5(3)11/h1-2H3. The Hall–Kier alpha value is 0.0800. The third-order valence-corrected chi connectivity index (χ3v) is 6.81. The van der Waals surface area contributed by atoms with E-state index in [0.29, 0.717) is 17.9 Å². The molecule has 0 saturated carbocycles. The Morgan fingerprint density at radius 3 is 1.22 bits per heavy atom. The van der Waals surface area contributed by atoms with Crippen molar-refractivity contribution in [3.8, 4) is 0 Å². The number of esters is 2. The van der Waals surface area contributed by atoms with Crippen LogP contribution in [-0.4, -0.2) is 26.2 Å². The summed E-state index contributed by atoms with van der Waals surface area (Å²) in [5, 5.41) is 0. The first-order valence-corrected chi connectivity index (χ1v) is 7.56. The smallest absolute Gasteiger partial charge is 0.339 e. The average molecular weight is 510 g/mol. The molecule has 1 aromatic rings. The van der Waals surface area contributed by atoms with E-state index in [2.05, 4.69) is 73.2 Å². The van der Waals surface area contributed by atoms with Gasteiger partial charge in [-0.15, -0.1) is 0 Å². The van der Waals surface area contributed by atoms with Gasteiger partial charge in [0.1, 0.15) is 0 Å². The minimum atomic E-state index is -0.642. The SMILES string of the molecule is COC(=O)c1c(Br)c(Br)c(Br)c(Br)c1C(=O)OC. The van der Waals surface area contributed by atoms with Crippen molar-refractivity contribution in [2.24, 2.45) is 0 Å². The first kappa shape index (κ1) is 16.1. The minimum Gasteiger partial charge on any atom is -0.465 e. The van der Waals surface area contributed by atoms with Gasteiger partial charge in [-0.05, 0) is 63.7 Å². The van der Waals surface area contributed by atoms with Crippen molar-refractivity contribution in [2.45, 2.75) is 0 Å². The fourth-order valence-electron chi connectivity index (χ4n) is 1.22. The monoisotopic (exact) mass is 506 g/mol. The normalized spacial score (nSPS) is 10.1. The Balaban J connectivity index is 3.75. The van der Waals surface area contributed by atoms with E-state index >= 15 is 0 Å². The van der Waals surface area contributed by atoms with Crippen LogP contribution in [0.1, 0.15) is 20.7 Å². The summed E-state index contributed by atoms with van der Waals surface area (Å²) in [6.45, 7) is 0. The highest BCUT2D eigenvalue weighted by atomic mass is 79.9. The van der Waals surface area contributed by atoms with E-state index in [1.807, 2.05) is 0 Å². The topological polar surface area (TPSA) is 52.6 Å². The van der Waals surface area contributed by atoms with Crippen LogP contribution in [0.15, 0.2) is 17.9 Å². The average Bonchev–Trinajstić information content (AvgIpc) is 2.38. The summed E-state index contributed by atoms with van der Waals surface area (Å²) in [6.07, 6.45) is 0. The van der Waals surface area contributed by atoms with Gasteiger partial charge in [0, 0.05) is 17.9 Å². The summed E-state index contributed by atoms with van der Waals surface area (Å²) in [5.74, 6) is -1.28. The van der Waals surface area contributed by atoms with Crippen molar-refractivity contribution in [3.05, 3.63) is 29.0 Å². The zero-order valence-corrected chi connectivity index (χ0v) is 15.5. The van der Waals surface area contributed by atoms with E-state index < -0.39 is 11.9 Å². The van der Waals surface area contributed by atoms with E-state index in [1.165, 1.54) is 14.2 Å². The lowest BCUT2D eigenvalue weighted by atomic mass is 10.1. The molecular formula is C10H6Br4O4. The van der Waals surface area contributed by atoms with Crippen LogP contribution in [0.5, 0.6) is 0 Å². The molecule has 0 heterocycles. The molecule has 18 heavy (non-hydrogen) atoms. The molecule has 8 heteroatoms. The number of benzene rings is 1. The maximum Gasteiger partial charge on any atom is 0.339 e. The second kappa shape index (κ2) is 6.49. The molecule has 0 aliphatic heterocycles. The number of hydrogen-bond donors (Lipinski definition) is 0. The van der Waals surface area contributed by atoms with Crippen molar-refractivity contribution < 1.29 is 19.1 Å². The van der Waals surface area contributed by atoms with Crippen LogP contribution in [0.2, 0.25) is 0 Å². The highest BCUT2D eigenvalue weighted by Gasteiger charge is 2.28. The van der Waals surface area contributed by atoms with Gasteiger partial charge < -0.3 is 9.47 Å². The number of methoxy groups -OCH3 is 2. The van der Waals surface area contributed by atoms with Crippen LogP contribution in [0.3, 0.4) is 0 Å². The minimum absolute atomic E-state index is 0.0892. The fraction of sp³-hybridized carbons (Fsp3) is 0.200. The summed E-state index contributed by atoms with van der Waals surface area (Å²) >= 11 is 13.1. The van der Waals surface area contributed by atoms with Gasteiger partial charge in [-0.1, -0.05) is 0 Å². The van der Waals surface area contributed by atoms with Gasteiger partial charge in [0.2, 0.25) is 0 Å². The van der Waals surface area contributed by atoms with Crippen LogP contribution in [-0.2, 0) is 9.47 Å². The quantitative estimate of drug-likeness (QED) is 0.339. The van der Waals surface area contributed by atoms with Crippen molar-refractivity contribution in [2.75, 3.05) is 14.2 Å². The predicted octanol–water partition coefficient (Wildman–Crippen LogP) is 4.31. The Kier molecular flexibility index (Phi) is 5.82. The summed E-state index contributed by atoms with van der Waals surface area (Å²) in [4.78, 5) is 23.5. The molecule has 0 N–H and O–H groups in total. The number of hydrogen-bond acceptors (Lipinski definition) is 4. The molecule has 1 rings (SSSR count). The van der Waals surface area contributed by atoms with Crippen molar-refractivity contribution in [1.82, 2.24) is 0 Å². The Morgan fingerprint density at radius 1 is 0.722 bits per heavy atom. The molecule has 0 saturated heterocycles. The summed E-state index contributed by atoms with van der Waals surface area (Å²) in [6, 6.07) is 0. The molecule has 0 atom stereocenters. The van der Waals surface area contributed by atoms with Crippen LogP contribution < -0.4 is 0 Å². The van der Waals surface area contributed by atoms with Gasteiger partial charge in [-0.25, -0.2) is 9.59 Å². The molecule has 0 aromatic heterocycles. The first-order valence-electron chi connectivity index (χ1n) is 4.39. The number of carbonyl (C=O) groups excluding carboxylic acids is 2. The zero-order valence-electron chi connectivity index (χ0n) is 9.14. The maximum atomic E-state index is 11.8. The lowest BCUT2D eigenvalue weighted by Crippen LogP contribution is -2.14. The summed E-state index contributed by atoms with van der Waals surface area (Å²) < 4.78 is 11.3. The van der Waals surface area contributed by atoms with Gasteiger partial charge in [0.15, 0.2) is 0 Å². The maximum absolute atomic E-state index is 11.8. The fourth-order valence-corrected chi connectivity index (χ4v) is 3.66. The Labute approximate surface area is 137 Å². The van der Waals surface area contributed by atoms with E-state index in [0.717, 1.165) is 0 Å². The van der Waals surface area contributed by atoms with E-state index in [-0.39, 0.29) is 11.1 Å². The van der Waals surface area contributed by atoms with Gasteiger partial charge in [-0.2, -0.15) is 0 Å². The molecule has 4 nitrogen and oxygen atoms in total. The second-order valence-electron chi connectivity index (χ2n) is 2.99. The van der Waals surface area contributed by atoms with E-state index in [9.17, 15) is 9.59 Å². The molecule has 0 fully saturated rings. The summed E-state index contributed by atoms with van der Waals surface area (Å²) in [5.41, 5.74) is 0.178. The van der Waals surface area contributed by atoms with E-state index in [1.54, 1.807) is 0 Å². The predicted molar refractivity (Wildman–Crippen MR) is 79.9 cm³/mol. The molecule has 0 bridgehead atoms. The Morgan fingerprint density at radius 2 is 1.00 bits per heavy atom. The van der Waals surface area contributed by atoms with Gasteiger partial charge in [0.25, 0.3) is 0 Å². The molecular weight excluding hydrogens is 504 g/mol. The van der Waals surface area contributed by atoms with Crippen LogP contribution in [0.4, 0.5) is 0 Å². The molecule has 0 unspecified atom stereocenters. The molecule has 0 radical (unpaired) electrons. The molecule has 0 aliphatic carbocycles. The third-order valence-electron chi connectivity index (χ3n) is 2.05. The first-order chi connectivity index (χ1) is 8.36. The second-order valence-corrected chi connectivity index (χ2v) is 6.16. The number of halogens is 4.